The van der Waals surface area contributed by atoms with E-state index in [1.165, 1.54) is 84.0 Å². The van der Waals surface area contributed by atoms with Gasteiger partial charge in [0, 0.05) is 25.2 Å². The molecule has 4 N–H and O–H groups in total. The maximum absolute atomic E-state index is 16.1. The Morgan fingerprint density at radius 1 is 0.786 bits per heavy atom. The number of nitrogens with one attached hydrogen (secondary N) is 1. The molecular formula is C72H81F3N4O24. The molecule has 31 heteroatoms. The molecule has 554 valence electrons. The molecule has 2 bridgehead atoms. The maximum Gasteiger partial charge on any atom is 0.417 e. The van der Waals surface area contributed by atoms with E-state index in [9.17, 15) is 76.4 Å². The predicted molar refractivity (Wildman–Crippen MR) is 347 cm³/mol. The third-order valence-corrected chi connectivity index (χ3v) is 19.0. The summed E-state index contributed by atoms with van der Waals surface area (Å²) in [5.74, 6) is -5.70. The predicted octanol–water partition coefficient (Wildman–Crippen LogP) is 6.16. The summed E-state index contributed by atoms with van der Waals surface area (Å²) in [6.45, 7) is 11.8. The van der Waals surface area contributed by atoms with Gasteiger partial charge in [-0.1, -0.05) is 74.2 Å². The lowest BCUT2D eigenvalue weighted by atomic mass is 9.44. The van der Waals surface area contributed by atoms with Gasteiger partial charge in [0.1, 0.15) is 48.3 Å². The minimum atomic E-state index is -4.95. The Morgan fingerprint density at radius 3 is 1.94 bits per heavy atom. The number of rotatable bonds is 24. The van der Waals surface area contributed by atoms with Crippen LogP contribution in [0.5, 0.6) is 0 Å². The van der Waals surface area contributed by atoms with Gasteiger partial charge in [0.05, 0.1) is 104 Å². The molecule has 3 aliphatic carbocycles. The van der Waals surface area contributed by atoms with Crippen LogP contribution in [0.2, 0.25) is 0 Å². The molecule has 5 aliphatic rings. The molecule has 2 saturated heterocycles. The van der Waals surface area contributed by atoms with Crippen LogP contribution in [0, 0.1) is 39.9 Å². The Morgan fingerprint density at radius 2 is 1.38 bits per heavy atom. The van der Waals surface area contributed by atoms with Crippen molar-refractivity contribution in [3.63, 3.8) is 0 Å². The van der Waals surface area contributed by atoms with Crippen LogP contribution in [0.3, 0.4) is 0 Å². The molecule has 8 rings (SSSR count). The van der Waals surface area contributed by atoms with E-state index in [2.05, 4.69) is 17.2 Å². The van der Waals surface area contributed by atoms with Crippen LogP contribution in [0.4, 0.5) is 28.4 Å². The minimum Gasteiger partial charge on any atom is -0.463 e. The Hall–Kier alpha value is -9.79. The van der Waals surface area contributed by atoms with Gasteiger partial charge in [-0.2, -0.15) is 18.4 Å². The molecule has 28 nitrogen and oxygen atoms in total. The molecule has 4 fully saturated rings. The number of anilines is 1. The van der Waals surface area contributed by atoms with Crippen LogP contribution in [0.1, 0.15) is 141 Å². The number of aliphatic hydroxyl groups is 3. The largest absolute Gasteiger partial charge is 0.463 e. The first-order valence-electron chi connectivity index (χ1n) is 32.9. The number of hydrogen-bond donors (Lipinski definition) is 4. The number of alkyl carbamates (subject to hydrolysis) is 1. The van der Waals surface area contributed by atoms with Gasteiger partial charge in [0.25, 0.3) is 5.91 Å². The summed E-state index contributed by atoms with van der Waals surface area (Å²) in [4.78, 5) is 152. The molecule has 2 aliphatic heterocycles. The number of hydrogen-bond acceptors (Lipinski definition) is 25. The second-order valence-corrected chi connectivity index (χ2v) is 27.5. The number of nitrogens with zero attached hydrogens (tertiary/aromatic N) is 3. The van der Waals surface area contributed by atoms with Crippen molar-refractivity contribution in [3.8, 4) is 17.9 Å². The molecule has 11 atom stereocenters. The molecule has 3 aromatic rings. The van der Waals surface area contributed by atoms with Gasteiger partial charge in [-0.15, -0.1) is 0 Å². The number of carbonyl (C=O) groups is 11. The number of benzene rings is 3. The van der Waals surface area contributed by atoms with Crippen molar-refractivity contribution in [1.82, 2.24) is 10.2 Å². The molecule has 0 aromatic heterocycles. The maximum atomic E-state index is 16.1. The Kier molecular flexibility index (Phi) is 24.1. The van der Waals surface area contributed by atoms with Crippen LogP contribution < -0.4 is 10.2 Å². The number of aliphatic hydroxyl groups excluding tert-OH is 2. The summed E-state index contributed by atoms with van der Waals surface area (Å²) in [6.07, 6.45) is -20.2. The molecule has 2 heterocycles. The smallest absolute Gasteiger partial charge is 0.417 e. The number of amides is 4. The van der Waals surface area contributed by atoms with E-state index in [0.717, 1.165) is 24.0 Å². The Bertz CT molecular complexity index is 3930. The fourth-order valence-electron chi connectivity index (χ4n) is 13.6. The number of carbonyl (C=O) groups excluding carboxylic acids is 11. The monoisotopic (exact) mass is 1440 g/mol. The standard InChI is InChI=1S/C72H81F3N4O24/c1-40-47(99-62(89)56(86)55(42-19-13-11-14-20-42)77-64(91)103-66(3,4)5)37-71(93)60(101-61(88)43-21-15-12-16-22-43)58-69(10,48(81)36-49-70(58,39-98-49)102-41(2)80)59(87)57(54(40)67(71,6)7)100-53(85)28-27-52(84)97-34-32-94-31-33-96-51(83)26-25-50(82)95-30-18-17-29-78-65(92)79(63(90)68(78,8)9)45-24-23-44(38-76)46(35-45)72(73,74)75/h11-16,19-24,35,47-49,55-58,60,81,86,93H,25-34,36-37,39H2,1-10H3,(H,77,91)/t47-,48-,49?,55-,56+,57+,58-,60-,69+,70-,71+/m0/s1. The number of halogens is 3. The molecule has 2 saturated carbocycles. The van der Waals surface area contributed by atoms with Crippen LogP contribution in [0.15, 0.2) is 90.0 Å². The van der Waals surface area contributed by atoms with Crippen LogP contribution in [-0.4, -0.2) is 191 Å². The molecule has 4 amide bonds. The number of ether oxygens (including phenoxy) is 10. The summed E-state index contributed by atoms with van der Waals surface area (Å²) < 4.78 is 97.9. The zero-order chi connectivity index (χ0) is 76.0. The van der Waals surface area contributed by atoms with Gasteiger partial charge in [0.15, 0.2) is 30.2 Å². The molecule has 3 aromatic carbocycles. The van der Waals surface area contributed by atoms with Crippen molar-refractivity contribution in [1.29, 1.82) is 5.26 Å². The highest BCUT2D eigenvalue weighted by Gasteiger charge is 2.78. The van der Waals surface area contributed by atoms with Gasteiger partial charge in [-0.25, -0.2) is 24.1 Å². The van der Waals surface area contributed by atoms with Crippen molar-refractivity contribution in [2.45, 2.75) is 179 Å². The highest BCUT2D eigenvalue weighted by atomic mass is 19.4. The minimum absolute atomic E-state index is 0.00604. The zero-order valence-electron chi connectivity index (χ0n) is 58.2. The van der Waals surface area contributed by atoms with Crippen molar-refractivity contribution < 1.29 is 129 Å². The zero-order valence-corrected chi connectivity index (χ0v) is 58.2. The van der Waals surface area contributed by atoms with E-state index in [-0.39, 0.29) is 55.1 Å². The molecular weight excluding hydrogens is 1360 g/mol. The van der Waals surface area contributed by atoms with Crippen molar-refractivity contribution >= 4 is 71.3 Å². The lowest BCUT2D eigenvalue weighted by Crippen LogP contribution is -2.82. The Balaban J connectivity index is 0.898. The van der Waals surface area contributed by atoms with Crippen molar-refractivity contribution in [3.05, 3.63) is 112 Å². The van der Waals surface area contributed by atoms with Gasteiger partial charge in [-0.05, 0) is 95.5 Å². The third kappa shape index (κ3) is 16.8. The first-order chi connectivity index (χ1) is 48.2. The second-order valence-electron chi connectivity index (χ2n) is 27.5. The summed E-state index contributed by atoms with van der Waals surface area (Å²) in [7, 11) is 0. The van der Waals surface area contributed by atoms with E-state index in [1.807, 2.05) is 0 Å². The highest BCUT2D eigenvalue weighted by molar-refractivity contribution is 6.23. The SMILES string of the molecule is CC(=O)O[C@@]12COC1C[C@H](O)[C@@]1(C)C(=O)[C@H](OC(=O)CCC(=O)OCCOCCOC(=O)CCC(=O)OCC#CCN3C(=O)N(c4ccc(C#N)c(C(F)(F)F)c4)C(=O)C3(C)C)C3=C(C)[C@@H](OC(=O)[C@H](O)[C@@H](NC(=O)OC(C)(C)C)c4ccccc4)C[C@@](O)([C@@H](OC(=O)c4ccccc4)[C@@H]12)C3(C)C. The summed E-state index contributed by atoms with van der Waals surface area (Å²) in [5, 5.41) is 50.0. The average Bonchev–Trinajstić information content (AvgIpc) is 1.14. The number of imide groups is 1. The average molecular weight is 1440 g/mol. The summed E-state index contributed by atoms with van der Waals surface area (Å²) in [6, 6.07) is 16.7. The number of Topliss-reactive ketones (excluding diaryl/α,β-unsaturated/α-hetero) is 1. The number of nitriles is 1. The number of ketones is 1. The van der Waals surface area contributed by atoms with E-state index in [4.69, 9.17) is 52.6 Å². The van der Waals surface area contributed by atoms with Crippen molar-refractivity contribution in [2.24, 2.45) is 16.7 Å². The first-order valence-corrected chi connectivity index (χ1v) is 32.9. The lowest BCUT2D eigenvalue weighted by molar-refractivity contribution is -0.346. The lowest BCUT2D eigenvalue weighted by Gasteiger charge is -2.67. The first kappa shape index (κ1) is 78.9. The highest BCUT2D eigenvalue weighted by Crippen LogP contribution is 2.64. The summed E-state index contributed by atoms with van der Waals surface area (Å²) >= 11 is 0. The van der Waals surface area contributed by atoms with Crippen LogP contribution in [-0.2, 0) is 91.9 Å². The van der Waals surface area contributed by atoms with Gasteiger partial charge < -0.3 is 68.0 Å². The van der Waals surface area contributed by atoms with E-state index in [1.54, 1.807) is 45.0 Å². The number of urea groups is 1. The fourth-order valence-corrected chi connectivity index (χ4v) is 13.6. The molecule has 0 radical (unpaired) electrons. The number of fused-ring (bicyclic) bond motifs is 5. The molecule has 1 unspecified atom stereocenters. The van der Waals surface area contributed by atoms with Gasteiger partial charge >= 0.3 is 60.1 Å². The van der Waals surface area contributed by atoms with Crippen LogP contribution >= 0.6 is 0 Å². The van der Waals surface area contributed by atoms with Crippen LogP contribution in [0.25, 0.3) is 0 Å². The molecule has 0 spiro atoms. The number of esters is 7. The van der Waals surface area contributed by atoms with E-state index in [0.29, 0.717) is 11.0 Å². The topological polar surface area (TPSA) is 383 Å². The molecule has 103 heavy (non-hydrogen) atoms. The van der Waals surface area contributed by atoms with E-state index >= 15 is 4.79 Å². The Labute approximate surface area is 590 Å². The van der Waals surface area contributed by atoms with Gasteiger partial charge in [0.2, 0.25) is 0 Å². The summed E-state index contributed by atoms with van der Waals surface area (Å²) in [5.41, 5.74) is -13.8. The number of alkyl halides is 3. The second kappa shape index (κ2) is 31.4. The normalized spacial score (nSPS) is 25.2. The van der Waals surface area contributed by atoms with Gasteiger partial charge in [-0.3, -0.25) is 38.5 Å². The fraction of sp³-hybridized carbons (Fsp3) is 0.528. The van der Waals surface area contributed by atoms with Crippen molar-refractivity contribution in [2.75, 3.05) is 51.1 Å². The van der Waals surface area contributed by atoms with E-state index < -0.39 is 222 Å². The quantitative estimate of drug-likeness (QED) is 0.0195. The third-order valence-electron chi connectivity index (χ3n) is 19.0.